The second-order valence-electron chi connectivity index (χ2n) is 6.44. The van der Waals surface area contributed by atoms with E-state index >= 15 is 0 Å². The molecule has 0 unspecified atom stereocenters. The number of thiazole rings is 1. The number of sulfonamides is 1. The average molecular weight is 410 g/mol. The van der Waals surface area contributed by atoms with Crippen LogP contribution in [0.3, 0.4) is 0 Å². The monoisotopic (exact) mass is 409 g/mol. The van der Waals surface area contributed by atoms with Crippen LogP contribution in [0.15, 0.2) is 65.7 Å². The molecule has 7 heteroatoms. The number of nitrogens with zero attached hydrogens (tertiary/aromatic N) is 2. The number of hydrogen-bond donors (Lipinski definition) is 1. The molecule has 28 heavy (non-hydrogen) atoms. The Hall–Kier alpha value is -2.77. The molecular formula is C21H19N3O2S2. The minimum atomic E-state index is -3.65. The van der Waals surface area contributed by atoms with Gasteiger partial charge in [-0.15, -0.1) is 0 Å². The molecule has 0 saturated heterocycles. The van der Waals surface area contributed by atoms with Gasteiger partial charge in [-0.25, -0.2) is 18.4 Å². The third-order valence-corrected chi connectivity index (χ3v) is 7.02. The summed E-state index contributed by atoms with van der Waals surface area (Å²) in [7, 11) is -3.65. The van der Waals surface area contributed by atoms with Crippen LogP contribution in [0.2, 0.25) is 0 Å². The molecule has 0 radical (unpaired) electrons. The molecule has 0 bridgehead atoms. The molecule has 0 aliphatic carbocycles. The summed E-state index contributed by atoms with van der Waals surface area (Å²) in [5.74, 6) is 0. The highest BCUT2D eigenvalue weighted by Gasteiger charge is 2.18. The first-order valence-corrected chi connectivity index (χ1v) is 11.2. The van der Waals surface area contributed by atoms with E-state index in [1.54, 1.807) is 24.4 Å². The zero-order chi connectivity index (χ0) is 19.7. The first-order valence-electron chi connectivity index (χ1n) is 8.91. The van der Waals surface area contributed by atoms with Crippen molar-refractivity contribution in [3.63, 3.8) is 0 Å². The lowest BCUT2D eigenvalue weighted by Crippen LogP contribution is -2.15. The molecule has 2 aromatic carbocycles. The van der Waals surface area contributed by atoms with Crippen LogP contribution in [-0.4, -0.2) is 18.4 Å². The average Bonchev–Trinajstić information content (AvgIpc) is 3.13. The van der Waals surface area contributed by atoms with Crippen molar-refractivity contribution in [2.24, 2.45) is 0 Å². The van der Waals surface area contributed by atoms with Crippen LogP contribution in [0, 0.1) is 6.92 Å². The van der Waals surface area contributed by atoms with E-state index in [9.17, 15) is 8.42 Å². The highest BCUT2D eigenvalue weighted by Crippen LogP contribution is 2.31. The van der Waals surface area contributed by atoms with Crippen LogP contribution < -0.4 is 4.72 Å². The predicted octanol–water partition coefficient (Wildman–Crippen LogP) is 5.03. The lowest BCUT2D eigenvalue weighted by molar-refractivity contribution is 0.600. The Balaban J connectivity index is 1.66. The quantitative estimate of drug-likeness (QED) is 0.502. The van der Waals surface area contributed by atoms with Crippen molar-refractivity contribution in [2.75, 3.05) is 4.72 Å². The van der Waals surface area contributed by atoms with Crippen molar-refractivity contribution in [3.05, 3.63) is 71.9 Å². The molecule has 5 nitrogen and oxygen atoms in total. The molecule has 0 fully saturated rings. The number of anilines is 1. The van der Waals surface area contributed by atoms with E-state index in [-0.39, 0.29) is 0 Å². The smallest absolute Gasteiger partial charge is 0.262 e. The number of benzene rings is 2. The molecule has 0 saturated carbocycles. The van der Waals surface area contributed by atoms with Gasteiger partial charge in [0.15, 0.2) is 0 Å². The van der Waals surface area contributed by atoms with Gasteiger partial charge in [-0.1, -0.05) is 36.5 Å². The SMILES string of the molecule is CCc1ccccc1S(=O)(=O)Nc1ccc(-c2nc3cccnc3s2)cc1C. The third kappa shape index (κ3) is 3.50. The molecule has 4 aromatic rings. The molecule has 142 valence electrons. The maximum Gasteiger partial charge on any atom is 0.262 e. The molecule has 0 atom stereocenters. The molecule has 0 spiro atoms. The number of aromatic nitrogens is 2. The summed E-state index contributed by atoms with van der Waals surface area (Å²) in [4.78, 5) is 10.1. The van der Waals surface area contributed by atoms with Crippen molar-refractivity contribution in [3.8, 4) is 10.6 Å². The van der Waals surface area contributed by atoms with E-state index in [1.807, 2.05) is 50.2 Å². The fourth-order valence-corrected chi connectivity index (χ4v) is 5.41. The molecule has 1 N–H and O–H groups in total. The maximum atomic E-state index is 12.9. The fourth-order valence-electron chi connectivity index (χ4n) is 3.06. The standard InChI is InChI=1S/C21H19N3O2S2/c1-3-15-7-4-5-9-19(15)28(25,26)24-17-11-10-16(13-14(17)2)20-23-18-8-6-12-22-21(18)27-20/h4-13,24H,3H2,1-2H3. The van der Waals surface area contributed by atoms with E-state index < -0.39 is 10.0 Å². The fraction of sp³-hybridized carbons (Fsp3) is 0.143. The lowest BCUT2D eigenvalue weighted by Gasteiger charge is -2.13. The van der Waals surface area contributed by atoms with E-state index in [0.29, 0.717) is 17.0 Å². The van der Waals surface area contributed by atoms with E-state index in [2.05, 4.69) is 14.7 Å². The highest BCUT2D eigenvalue weighted by atomic mass is 32.2. The van der Waals surface area contributed by atoms with Crippen LogP contribution in [0.1, 0.15) is 18.1 Å². The zero-order valence-corrected chi connectivity index (χ0v) is 17.1. The van der Waals surface area contributed by atoms with Crippen LogP contribution in [0.5, 0.6) is 0 Å². The normalized spacial score (nSPS) is 11.6. The molecule has 2 heterocycles. The summed E-state index contributed by atoms with van der Waals surface area (Å²) in [6, 6.07) is 16.5. The summed E-state index contributed by atoms with van der Waals surface area (Å²) in [5, 5.41) is 0.863. The molecule has 0 aliphatic heterocycles. The second kappa shape index (κ2) is 7.33. The van der Waals surface area contributed by atoms with Gasteiger partial charge >= 0.3 is 0 Å². The van der Waals surface area contributed by atoms with Crippen LogP contribution in [0.4, 0.5) is 5.69 Å². The van der Waals surface area contributed by atoms with Gasteiger partial charge in [0, 0.05) is 11.8 Å². The topological polar surface area (TPSA) is 72.0 Å². The van der Waals surface area contributed by atoms with Crippen LogP contribution >= 0.6 is 11.3 Å². The Bertz CT molecular complexity index is 1230. The Kier molecular flexibility index (Phi) is 4.87. The van der Waals surface area contributed by atoms with Gasteiger partial charge < -0.3 is 0 Å². The summed E-state index contributed by atoms with van der Waals surface area (Å²) in [6.45, 7) is 3.83. The number of rotatable bonds is 5. The van der Waals surface area contributed by atoms with Crippen LogP contribution in [-0.2, 0) is 16.4 Å². The minimum absolute atomic E-state index is 0.318. The zero-order valence-electron chi connectivity index (χ0n) is 15.5. The maximum absolute atomic E-state index is 12.9. The van der Waals surface area contributed by atoms with Gasteiger partial charge in [0.2, 0.25) is 0 Å². The second-order valence-corrected chi connectivity index (χ2v) is 9.07. The Morgan fingerprint density at radius 2 is 1.89 bits per heavy atom. The molecule has 0 aliphatic rings. The molecular weight excluding hydrogens is 390 g/mol. The Morgan fingerprint density at radius 1 is 1.07 bits per heavy atom. The van der Waals surface area contributed by atoms with Gasteiger partial charge in [-0.05, 0) is 60.9 Å². The lowest BCUT2D eigenvalue weighted by atomic mass is 10.1. The Morgan fingerprint density at radius 3 is 2.64 bits per heavy atom. The minimum Gasteiger partial charge on any atom is -0.279 e. The molecule has 4 rings (SSSR count). The van der Waals surface area contributed by atoms with E-state index in [4.69, 9.17) is 0 Å². The van der Waals surface area contributed by atoms with E-state index in [1.165, 1.54) is 11.3 Å². The van der Waals surface area contributed by atoms with Crippen molar-refractivity contribution in [1.82, 2.24) is 9.97 Å². The van der Waals surface area contributed by atoms with Crippen molar-refractivity contribution < 1.29 is 8.42 Å². The van der Waals surface area contributed by atoms with Crippen LogP contribution in [0.25, 0.3) is 20.9 Å². The summed E-state index contributed by atoms with van der Waals surface area (Å²) >= 11 is 1.52. The molecule has 0 amide bonds. The van der Waals surface area contributed by atoms with Gasteiger partial charge in [-0.3, -0.25) is 4.72 Å². The largest absolute Gasteiger partial charge is 0.279 e. The van der Waals surface area contributed by atoms with Crippen molar-refractivity contribution in [1.29, 1.82) is 0 Å². The van der Waals surface area contributed by atoms with E-state index in [0.717, 1.165) is 32.0 Å². The summed E-state index contributed by atoms with van der Waals surface area (Å²) in [5.41, 5.74) is 4.00. The number of nitrogens with one attached hydrogen (secondary N) is 1. The number of hydrogen-bond acceptors (Lipinski definition) is 5. The number of pyridine rings is 1. The van der Waals surface area contributed by atoms with Gasteiger partial charge in [0.1, 0.15) is 15.4 Å². The summed E-state index contributed by atoms with van der Waals surface area (Å²) in [6.07, 6.45) is 2.40. The number of fused-ring (bicyclic) bond motifs is 1. The summed E-state index contributed by atoms with van der Waals surface area (Å²) < 4.78 is 28.5. The Labute approximate surface area is 168 Å². The first kappa shape index (κ1) is 18.6. The van der Waals surface area contributed by atoms with Gasteiger partial charge in [-0.2, -0.15) is 0 Å². The van der Waals surface area contributed by atoms with Crippen molar-refractivity contribution in [2.45, 2.75) is 25.2 Å². The highest BCUT2D eigenvalue weighted by molar-refractivity contribution is 7.92. The van der Waals surface area contributed by atoms with Gasteiger partial charge in [0.25, 0.3) is 10.0 Å². The first-order chi connectivity index (χ1) is 13.5. The molecule has 2 aromatic heterocycles. The van der Waals surface area contributed by atoms with Crippen molar-refractivity contribution >= 4 is 37.4 Å². The van der Waals surface area contributed by atoms with Gasteiger partial charge in [0.05, 0.1) is 10.6 Å². The third-order valence-electron chi connectivity index (χ3n) is 4.53. The predicted molar refractivity (Wildman–Crippen MR) is 114 cm³/mol. The number of aryl methyl sites for hydroxylation is 2.